The van der Waals surface area contributed by atoms with Crippen molar-refractivity contribution in [3.63, 3.8) is 0 Å². The molecular formula is C10H7BrF5NO2. The summed E-state index contributed by atoms with van der Waals surface area (Å²) in [6.07, 6.45) is -8.48. The smallest absolute Gasteiger partial charge is 0.433 e. The summed E-state index contributed by atoms with van der Waals surface area (Å²) in [6, 6.07) is 0.773. The van der Waals surface area contributed by atoms with Crippen LogP contribution in [-0.4, -0.2) is 17.6 Å². The van der Waals surface area contributed by atoms with E-state index < -0.39 is 40.0 Å². The molecule has 1 heterocycles. The van der Waals surface area contributed by atoms with Crippen molar-refractivity contribution < 1.29 is 31.5 Å². The predicted molar refractivity (Wildman–Crippen MR) is 57.9 cm³/mol. The molecule has 0 amide bonds. The molecule has 0 saturated carbocycles. The molecule has 1 rings (SSSR count). The topological polar surface area (TPSA) is 39.2 Å². The molecule has 0 unspecified atom stereocenters. The Balaban J connectivity index is 3.44. The van der Waals surface area contributed by atoms with Crippen LogP contribution in [0.4, 0.5) is 22.0 Å². The van der Waals surface area contributed by atoms with Gasteiger partial charge in [-0.15, -0.1) is 0 Å². The first-order chi connectivity index (χ1) is 8.68. The normalized spacial score (nSPS) is 11.8. The Morgan fingerprint density at radius 2 is 2.05 bits per heavy atom. The molecule has 106 valence electrons. The van der Waals surface area contributed by atoms with Gasteiger partial charge in [-0.25, -0.2) is 18.6 Å². The number of halogens is 6. The molecule has 0 aromatic carbocycles. The van der Waals surface area contributed by atoms with Crippen LogP contribution >= 0.6 is 15.9 Å². The van der Waals surface area contributed by atoms with E-state index in [1.807, 2.05) is 0 Å². The van der Waals surface area contributed by atoms with Gasteiger partial charge in [-0.2, -0.15) is 13.2 Å². The fourth-order valence-electron chi connectivity index (χ4n) is 1.26. The lowest BCUT2D eigenvalue weighted by Crippen LogP contribution is -2.17. The zero-order valence-electron chi connectivity index (χ0n) is 9.39. The number of carbonyl (C=O) groups is 1. The molecular weight excluding hydrogens is 341 g/mol. The third-order valence-electron chi connectivity index (χ3n) is 1.98. The summed E-state index contributed by atoms with van der Waals surface area (Å²) < 4.78 is 67.1. The highest BCUT2D eigenvalue weighted by molar-refractivity contribution is 9.10. The van der Waals surface area contributed by atoms with E-state index in [-0.39, 0.29) is 6.61 Å². The van der Waals surface area contributed by atoms with Crippen molar-refractivity contribution in [1.29, 1.82) is 0 Å². The average molecular weight is 348 g/mol. The van der Waals surface area contributed by atoms with Crippen LogP contribution in [0.2, 0.25) is 0 Å². The van der Waals surface area contributed by atoms with E-state index in [0.29, 0.717) is 0 Å². The molecule has 0 N–H and O–H groups in total. The van der Waals surface area contributed by atoms with Crippen molar-refractivity contribution >= 4 is 21.9 Å². The van der Waals surface area contributed by atoms with Gasteiger partial charge >= 0.3 is 12.1 Å². The minimum Gasteiger partial charge on any atom is -0.461 e. The van der Waals surface area contributed by atoms with Gasteiger partial charge in [0.2, 0.25) is 0 Å². The zero-order chi connectivity index (χ0) is 14.8. The summed E-state index contributed by atoms with van der Waals surface area (Å²) in [6.45, 7) is 1.38. The quantitative estimate of drug-likeness (QED) is 0.613. The van der Waals surface area contributed by atoms with Gasteiger partial charge in [0.15, 0.2) is 5.69 Å². The maximum atomic E-state index is 12.6. The van der Waals surface area contributed by atoms with E-state index in [0.717, 1.165) is 6.07 Å². The Morgan fingerprint density at radius 1 is 1.47 bits per heavy atom. The summed E-state index contributed by atoms with van der Waals surface area (Å²) in [5, 5.41) is 0. The summed E-state index contributed by atoms with van der Waals surface area (Å²) in [5.74, 6) is -1.12. The Morgan fingerprint density at radius 3 is 2.47 bits per heavy atom. The summed E-state index contributed by atoms with van der Waals surface area (Å²) in [4.78, 5) is 14.2. The van der Waals surface area contributed by atoms with Gasteiger partial charge in [0.05, 0.1) is 12.2 Å². The Labute approximate surface area is 112 Å². The molecule has 0 saturated heterocycles. The van der Waals surface area contributed by atoms with Crippen molar-refractivity contribution in [2.24, 2.45) is 0 Å². The van der Waals surface area contributed by atoms with Crippen molar-refractivity contribution in [3.05, 3.63) is 27.5 Å². The van der Waals surface area contributed by atoms with Crippen molar-refractivity contribution in [1.82, 2.24) is 4.98 Å². The predicted octanol–water partition coefficient (Wildman–Crippen LogP) is 3.98. The van der Waals surface area contributed by atoms with E-state index in [1.54, 1.807) is 0 Å². The van der Waals surface area contributed by atoms with E-state index in [4.69, 9.17) is 0 Å². The highest BCUT2D eigenvalue weighted by atomic mass is 79.9. The molecule has 19 heavy (non-hydrogen) atoms. The number of nitrogens with zero attached hydrogens (tertiary/aromatic N) is 1. The fraction of sp³-hybridized carbons (Fsp3) is 0.400. The van der Waals surface area contributed by atoms with Gasteiger partial charge in [-0.05, 0) is 13.0 Å². The number of carbonyl (C=O) groups excluding carboxylic acids is 1. The first-order valence-corrected chi connectivity index (χ1v) is 5.70. The monoisotopic (exact) mass is 347 g/mol. The number of alkyl halides is 5. The molecule has 0 aliphatic carbocycles. The molecule has 1 aromatic heterocycles. The highest BCUT2D eigenvalue weighted by Gasteiger charge is 2.40. The molecule has 1 aromatic rings. The van der Waals surface area contributed by atoms with Crippen molar-refractivity contribution in [2.75, 3.05) is 6.61 Å². The molecule has 9 heteroatoms. The minimum atomic E-state index is -5.10. The zero-order valence-corrected chi connectivity index (χ0v) is 11.0. The van der Waals surface area contributed by atoms with E-state index in [2.05, 4.69) is 25.7 Å². The first-order valence-electron chi connectivity index (χ1n) is 4.91. The summed E-state index contributed by atoms with van der Waals surface area (Å²) >= 11 is 2.58. The van der Waals surface area contributed by atoms with Crippen LogP contribution in [0.15, 0.2) is 10.5 Å². The lowest BCUT2D eigenvalue weighted by Gasteiger charge is -2.14. The fourth-order valence-corrected chi connectivity index (χ4v) is 1.83. The third kappa shape index (κ3) is 3.62. The number of hydrogen-bond acceptors (Lipinski definition) is 3. The molecule has 0 atom stereocenters. The first kappa shape index (κ1) is 15.8. The second-order valence-electron chi connectivity index (χ2n) is 3.27. The number of ether oxygens (including phenoxy) is 1. The van der Waals surface area contributed by atoms with Crippen LogP contribution < -0.4 is 0 Å². The van der Waals surface area contributed by atoms with Gasteiger partial charge < -0.3 is 4.74 Å². The third-order valence-corrected chi connectivity index (χ3v) is 2.64. The molecule has 0 aliphatic heterocycles. The largest absolute Gasteiger partial charge is 0.461 e. The minimum absolute atomic E-state index is 0.0733. The lowest BCUT2D eigenvalue weighted by atomic mass is 10.1. The van der Waals surface area contributed by atoms with E-state index in [1.165, 1.54) is 6.92 Å². The van der Waals surface area contributed by atoms with Crippen LogP contribution in [0.3, 0.4) is 0 Å². The van der Waals surface area contributed by atoms with Gasteiger partial charge in [-0.3, -0.25) is 0 Å². The van der Waals surface area contributed by atoms with Crippen molar-refractivity contribution in [3.8, 4) is 0 Å². The van der Waals surface area contributed by atoms with E-state index >= 15 is 0 Å². The van der Waals surface area contributed by atoms with Gasteiger partial charge in [0.1, 0.15) is 5.69 Å². The molecule has 0 bridgehead atoms. The van der Waals surface area contributed by atoms with Crippen molar-refractivity contribution in [2.45, 2.75) is 19.5 Å². The van der Waals surface area contributed by atoms with E-state index in [9.17, 15) is 26.7 Å². The van der Waals surface area contributed by atoms with Crippen LogP contribution in [0, 0.1) is 0 Å². The average Bonchev–Trinajstić information content (AvgIpc) is 2.26. The van der Waals surface area contributed by atoms with Gasteiger partial charge in [-0.1, -0.05) is 15.9 Å². The molecule has 0 radical (unpaired) electrons. The van der Waals surface area contributed by atoms with Gasteiger partial charge in [0, 0.05) is 4.47 Å². The number of esters is 1. The number of aromatic nitrogens is 1. The maximum absolute atomic E-state index is 12.6. The van der Waals surface area contributed by atoms with Crippen LogP contribution in [0.1, 0.15) is 35.1 Å². The standard InChI is InChI=1S/C10H7BrF5NO2/c1-2-19-9(18)5-3-4(11)6(8(12)13)7(17-5)10(14,15)16/h3,8H,2H2,1H3. The Hall–Kier alpha value is -1.25. The van der Waals surface area contributed by atoms with Gasteiger partial charge in [0.25, 0.3) is 6.43 Å². The second kappa shape index (κ2) is 5.81. The lowest BCUT2D eigenvalue weighted by molar-refractivity contribution is -0.143. The number of pyridine rings is 1. The number of hydrogen-bond donors (Lipinski definition) is 0. The summed E-state index contributed by atoms with van der Waals surface area (Å²) in [5.41, 5.74) is -3.80. The Kier molecular flexibility index (Phi) is 4.83. The highest BCUT2D eigenvalue weighted by Crippen LogP contribution is 2.39. The maximum Gasteiger partial charge on any atom is 0.433 e. The summed E-state index contributed by atoms with van der Waals surface area (Å²) in [7, 11) is 0. The molecule has 0 spiro atoms. The molecule has 0 fully saturated rings. The molecule has 0 aliphatic rings. The van der Waals surface area contributed by atoms with Crippen LogP contribution in [-0.2, 0) is 10.9 Å². The van der Waals surface area contributed by atoms with Crippen LogP contribution in [0.25, 0.3) is 0 Å². The molecule has 3 nitrogen and oxygen atoms in total. The number of rotatable bonds is 3. The Bertz CT molecular complexity index is 490. The SMILES string of the molecule is CCOC(=O)c1cc(Br)c(C(F)F)c(C(F)(F)F)n1. The second-order valence-corrected chi connectivity index (χ2v) is 4.12. The van der Waals surface area contributed by atoms with Crippen LogP contribution in [0.5, 0.6) is 0 Å².